The molecule has 1 rings (SSSR count). The lowest BCUT2D eigenvalue weighted by molar-refractivity contribution is -0.124. The van der Waals surface area contributed by atoms with E-state index < -0.39 is 0 Å². The van der Waals surface area contributed by atoms with Crippen molar-refractivity contribution in [2.45, 2.75) is 33.1 Å². The zero-order valence-corrected chi connectivity index (χ0v) is 6.18. The van der Waals surface area contributed by atoms with Gasteiger partial charge < -0.3 is 0 Å². The van der Waals surface area contributed by atoms with Crippen LogP contribution in [0.1, 0.15) is 33.1 Å². The standard InChI is InChI=1S/C8H14O/c1-6-3-4-8(9)7(2)5-6/h6-7H,3-5H2,1-2H3/t6-,7?/m0/s1. The molecule has 0 aliphatic heterocycles. The lowest BCUT2D eigenvalue weighted by atomic mass is 9.83. The van der Waals surface area contributed by atoms with E-state index in [0.29, 0.717) is 11.7 Å². The van der Waals surface area contributed by atoms with E-state index in [2.05, 4.69) is 6.92 Å². The Morgan fingerprint density at radius 1 is 1.44 bits per heavy atom. The van der Waals surface area contributed by atoms with Crippen molar-refractivity contribution < 1.29 is 4.79 Å². The first-order valence-corrected chi connectivity index (χ1v) is 3.73. The van der Waals surface area contributed by atoms with E-state index in [1.165, 1.54) is 0 Å². The summed E-state index contributed by atoms with van der Waals surface area (Å²) in [5.41, 5.74) is 0. The normalized spacial score (nSPS) is 36.9. The van der Waals surface area contributed by atoms with Gasteiger partial charge in [0.15, 0.2) is 0 Å². The van der Waals surface area contributed by atoms with Crippen molar-refractivity contribution in [3.8, 4) is 0 Å². The lowest BCUT2D eigenvalue weighted by Crippen LogP contribution is -2.20. The fraction of sp³-hybridized carbons (Fsp3) is 0.875. The van der Waals surface area contributed by atoms with Gasteiger partial charge in [0, 0.05) is 12.3 Å². The number of carbonyl (C=O) groups is 1. The predicted octanol–water partition coefficient (Wildman–Crippen LogP) is 2.01. The first-order chi connectivity index (χ1) is 4.20. The maximum Gasteiger partial charge on any atom is 0.135 e. The molecule has 0 N–H and O–H groups in total. The Labute approximate surface area is 56.4 Å². The quantitative estimate of drug-likeness (QED) is 0.485. The molecule has 1 heteroatoms. The zero-order chi connectivity index (χ0) is 6.85. The van der Waals surface area contributed by atoms with Crippen LogP contribution < -0.4 is 0 Å². The van der Waals surface area contributed by atoms with E-state index >= 15 is 0 Å². The van der Waals surface area contributed by atoms with E-state index in [1.807, 2.05) is 6.92 Å². The minimum absolute atomic E-state index is 0.341. The first-order valence-electron chi connectivity index (χ1n) is 3.73. The zero-order valence-electron chi connectivity index (χ0n) is 6.18. The smallest absolute Gasteiger partial charge is 0.135 e. The summed E-state index contributed by atoms with van der Waals surface area (Å²) in [6.45, 7) is 4.26. The van der Waals surface area contributed by atoms with E-state index in [1.54, 1.807) is 0 Å². The molecule has 0 bridgehead atoms. The summed E-state index contributed by atoms with van der Waals surface area (Å²) >= 11 is 0. The number of carbonyl (C=O) groups excluding carboxylic acids is 1. The number of Topliss-reactive ketones (excluding diaryl/α,β-unsaturated/α-hetero) is 1. The van der Waals surface area contributed by atoms with Gasteiger partial charge in [-0.2, -0.15) is 0 Å². The average molecular weight is 126 g/mol. The van der Waals surface area contributed by atoms with Gasteiger partial charge in [0.1, 0.15) is 5.78 Å². The van der Waals surface area contributed by atoms with Crippen LogP contribution in [0, 0.1) is 11.8 Å². The number of ketones is 1. The Morgan fingerprint density at radius 2 is 2.11 bits per heavy atom. The van der Waals surface area contributed by atoms with Crippen molar-refractivity contribution in [3.63, 3.8) is 0 Å². The number of rotatable bonds is 0. The van der Waals surface area contributed by atoms with E-state index in [-0.39, 0.29) is 0 Å². The summed E-state index contributed by atoms with van der Waals surface area (Å²) in [5.74, 6) is 1.58. The Kier molecular flexibility index (Phi) is 1.89. The molecule has 0 aromatic carbocycles. The van der Waals surface area contributed by atoms with Crippen molar-refractivity contribution in [2.75, 3.05) is 0 Å². The van der Waals surface area contributed by atoms with Gasteiger partial charge in [-0.3, -0.25) is 4.79 Å². The van der Waals surface area contributed by atoms with Crippen LogP contribution >= 0.6 is 0 Å². The molecule has 52 valence electrons. The van der Waals surface area contributed by atoms with Crippen LogP contribution in [0.3, 0.4) is 0 Å². The second-order valence-electron chi connectivity index (χ2n) is 3.25. The molecule has 0 amide bonds. The monoisotopic (exact) mass is 126 g/mol. The number of hydrogen-bond acceptors (Lipinski definition) is 1. The molecule has 0 aromatic rings. The third-order valence-electron chi connectivity index (χ3n) is 2.19. The van der Waals surface area contributed by atoms with E-state index in [4.69, 9.17) is 0 Å². The molecule has 1 aliphatic carbocycles. The van der Waals surface area contributed by atoms with Crippen molar-refractivity contribution in [2.24, 2.45) is 11.8 Å². The highest BCUT2D eigenvalue weighted by molar-refractivity contribution is 5.81. The highest BCUT2D eigenvalue weighted by Gasteiger charge is 2.21. The summed E-state index contributed by atoms with van der Waals surface area (Å²) in [6, 6.07) is 0. The molecule has 0 radical (unpaired) electrons. The minimum Gasteiger partial charge on any atom is -0.299 e. The molecule has 1 fully saturated rings. The van der Waals surface area contributed by atoms with E-state index in [9.17, 15) is 4.79 Å². The average Bonchev–Trinajstić information content (AvgIpc) is 1.80. The molecule has 0 heterocycles. The first kappa shape index (κ1) is 6.79. The molecule has 9 heavy (non-hydrogen) atoms. The van der Waals surface area contributed by atoms with Gasteiger partial charge in [-0.05, 0) is 18.8 Å². The molecule has 1 unspecified atom stereocenters. The Morgan fingerprint density at radius 3 is 2.56 bits per heavy atom. The van der Waals surface area contributed by atoms with Gasteiger partial charge in [-0.25, -0.2) is 0 Å². The van der Waals surface area contributed by atoms with Crippen molar-refractivity contribution in [1.29, 1.82) is 0 Å². The summed E-state index contributed by atoms with van der Waals surface area (Å²) in [5, 5.41) is 0. The molecule has 0 aromatic heterocycles. The maximum atomic E-state index is 10.9. The van der Waals surface area contributed by atoms with Crippen molar-refractivity contribution >= 4 is 5.78 Å². The third kappa shape index (κ3) is 1.54. The summed E-state index contributed by atoms with van der Waals surface area (Å²) in [6.07, 6.45) is 3.05. The fourth-order valence-electron chi connectivity index (χ4n) is 1.49. The molecular formula is C8H14O. The van der Waals surface area contributed by atoms with Crippen LogP contribution in [-0.4, -0.2) is 5.78 Å². The summed E-state index contributed by atoms with van der Waals surface area (Å²) in [7, 11) is 0. The van der Waals surface area contributed by atoms with Crippen LogP contribution in [0.25, 0.3) is 0 Å². The molecular weight excluding hydrogens is 112 g/mol. The molecule has 1 nitrogen and oxygen atoms in total. The molecule has 1 aliphatic rings. The second kappa shape index (κ2) is 2.51. The van der Waals surface area contributed by atoms with Crippen LogP contribution in [0.2, 0.25) is 0 Å². The predicted molar refractivity (Wildman–Crippen MR) is 37.2 cm³/mol. The van der Waals surface area contributed by atoms with Gasteiger partial charge in [-0.15, -0.1) is 0 Å². The van der Waals surface area contributed by atoms with Crippen LogP contribution in [0.4, 0.5) is 0 Å². The summed E-state index contributed by atoms with van der Waals surface area (Å²) in [4.78, 5) is 10.9. The lowest BCUT2D eigenvalue weighted by Gasteiger charge is -2.21. The highest BCUT2D eigenvalue weighted by atomic mass is 16.1. The topological polar surface area (TPSA) is 17.1 Å². The number of hydrogen-bond donors (Lipinski definition) is 0. The van der Waals surface area contributed by atoms with E-state index in [0.717, 1.165) is 25.2 Å². The maximum absolute atomic E-state index is 10.9. The van der Waals surface area contributed by atoms with Crippen LogP contribution in [-0.2, 0) is 4.79 Å². The van der Waals surface area contributed by atoms with Gasteiger partial charge in [0.2, 0.25) is 0 Å². The summed E-state index contributed by atoms with van der Waals surface area (Å²) < 4.78 is 0. The van der Waals surface area contributed by atoms with Crippen LogP contribution in [0.5, 0.6) is 0 Å². The third-order valence-corrected chi connectivity index (χ3v) is 2.19. The Hall–Kier alpha value is -0.330. The molecule has 1 saturated carbocycles. The Bertz CT molecular complexity index is 118. The fourth-order valence-corrected chi connectivity index (χ4v) is 1.49. The Balaban J connectivity index is 2.44. The van der Waals surface area contributed by atoms with Gasteiger partial charge in [0.25, 0.3) is 0 Å². The molecule has 2 atom stereocenters. The second-order valence-corrected chi connectivity index (χ2v) is 3.25. The minimum atomic E-state index is 0.341. The van der Waals surface area contributed by atoms with Crippen molar-refractivity contribution in [1.82, 2.24) is 0 Å². The van der Waals surface area contributed by atoms with Gasteiger partial charge in [-0.1, -0.05) is 13.8 Å². The van der Waals surface area contributed by atoms with Gasteiger partial charge in [0.05, 0.1) is 0 Å². The molecule has 0 spiro atoms. The SMILES string of the molecule is CC1C[C@@H](C)CCC1=O. The van der Waals surface area contributed by atoms with Gasteiger partial charge >= 0.3 is 0 Å². The largest absolute Gasteiger partial charge is 0.299 e. The molecule has 0 saturated heterocycles. The van der Waals surface area contributed by atoms with Crippen molar-refractivity contribution in [3.05, 3.63) is 0 Å². The van der Waals surface area contributed by atoms with Crippen LogP contribution in [0.15, 0.2) is 0 Å². The highest BCUT2D eigenvalue weighted by Crippen LogP contribution is 2.24.